The molecule has 172 valence electrons. The van der Waals surface area contributed by atoms with Crippen LogP contribution in [0.1, 0.15) is 13.3 Å². The van der Waals surface area contributed by atoms with Gasteiger partial charge in [0.05, 0.1) is 33.6 Å². The van der Waals surface area contributed by atoms with Crippen molar-refractivity contribution in [3.05, 3.63) is 48.7 Å². The summed E-state index contributed by atoms with van der Waals surface area (Å²) in [5.41, 5.74) is 2.50. The second kappa shape index (κ2) is 13.0. The summed E-state index contributed by atoms with van der Waals surface area (Å²) in [6, 6.07) is 13.3. The molecule has 8 heteroatoms. The summed E-state index contributed by atoms with van der Waals surface area (Å²) in [4.78, 5) is 8.92. The molecule has 0 aliphatic heterocycles. The zero-order valence-corrected chi connectivity index (χ0v) is 19.6. The molecule has 1 aromatic heterocycles. The molecule has 0 unspecified atom stereocenters. The number of methoxy groups -OCH3 is 3. The van der Waals surface area contributed by atoms with Crippen LogP contribution in [0.15, 0.2) is 48.7 Å². The highest BCUT2D eigenvalue weighted by Crippen LogP contribution is 2.40. The van der Waals surface area contributed by atoms with Crippen LogP contribution in [0.25, 0.3) is 11.3 Å². The number of nitrogens with zero attached hydrogens (tertiary/aromatic N) is 2. The summed E-state index contributed by atoms with van der Waals surface area (Å²) in [5.74, 6) is 2.94. The summed E-state index contributed by atoms with van der Waals surface area (Å²) in [6.45, 7) is 2.79. The van der Waals surface area contributed by atoms with E-state index in [0.29, 0.717) is 29.8 Å². The van der Waals surface area contributed by atoms with Gasteiger partial charge in [0.25, 0.3) is 0 Å². The Morgan fingerprint density at radius 3 is 2.03 bits per heavy atom. The van der Waals surface area contributed by atoms with Crippen molar-refractivity contribution in [1.82, 2.24) is 15.3 Å². The van der Waals surface area contributed by atoms with Gasteiger partial charge in [-0.15, -0.1) is 0 Å². The van der Waals surface area contributed by atoms with Gasteiger partial charge in [0.15, 0.2) is 11.5 Å². The number of benzene rings is 2. The highest BCUT2D eigenvalue weighted by atomic mass is 16.5. The molecule has 1 heterocycles. The Morgan fingerprint density at radius 1 is 0.875 bits per heavy atom. The monoisotopic (exact) mass is 440 g/mol. The molecule has 0 saturated heterocycles. The van der Waals surface area contributed by atoms with Crippen molar-refractivity contribution in [3.63, 3.8) is 0 Å². The van der Waals surface area contributed by atoms with E-state index in [1.54, 1.807) is 39.7 Å². The topological polar surface area (TPSA) is 86.8 Å². The number of ether oxygens (including phenoxy) is 4. The normalized spacial score (nSPS) is 9.94. The Kier molecular flexibility index (Phi) is 10.1. The van der Waals surface area contributed by atoms with Crippen LogP contribution < -0.4 is 29.6 Å². The van der Waals surface area contributed by atoms with E-state index in [9.17, 15) is 0 Å². The van der Waals surface area contributed by atoms with E-state index in [2.05, 4.69) is 27.5 Å². The van der Waals surface area contributed by atoms with Gasteiger partial charge < -0.3 is 29.6 Å². The third kappa shape index (κ3) is 6.75. The smallest absolute Gasteiger partial charge is 0.227 e. The predicted octanol–water partition coefficient (Wildman–Crippen LogP) is 4.54. The van der Waals surface area contributed by atoms with Crippen LogP contribution in [0.4, 0.5) is 11.6 Å². The SMILES string of the molecule is CCCOc1ccc(-c2ccnc(Nc3cc(OC)c(OC)c(OC)c3)n2)cc1.CNC. The van der Waals surface area contributed by atoms with Gasteiger partial charge in [0, 0.05) is 29.6 Å². The zero-order valence-electron chi connectivity index (χ0n) is 19.6. The summed E-state index contributed by atoms with van der Waals surface area (Å²) in [7, 11) is 8.47. The van der Waals surface area contributed by atoms with Crippen molar-refractivity contribution in [2.75, 3.05) is 47.3 Å². The highest BCUT2D eigenvalue weighted by molar-refractivity contribution is 5.67. The van der Waals surface area contributed by atoms with E-state index in [1.807, 2.05) is 44.4 Å². The molecule has 0 spiro atoms. The Hall–Kier alpha value is -3.52. The quantitative estimate of drug-likeness (QED) is 0.502. The maximum Gasteiger partial charge on any atom is 0.227 e. The minimum absolute atomic E-state index is 0.461. The van der Waals surface area contributed by atoms with Gasteiger partial charge in [-0.3, -0.25) is 0 Å². The van der Waals surface area contributed by atoms with Gasteiger partial charge in [-0.2, -0.15) is 0 Å². The molecule has 2 N–H and O–H groups in total. The van der Waals surface area contributed by atoms with Gasteiger partial charge in [-0.1, -0.05) is 6.92 Å². The van der Waals surface area contributed by atoms with Crippen LogP contribution in [0.3, 0.4) is 0 Å². The molecule has 0 bridgehead atoms. The number of nitrogens with one attached hydrogen (secondary N) is 2. The largest absolute Gasteiger partial charge is 0.494 e. The summed E-state index contributed by atoms with van der Waals surface area (Å²) in [5, 5.41) is 5.94. The first-order valence-electron chi connectivity index (χ1n) is 10.3. The fourth-order valence-electron chi connectivity index (χ4n) is 2.80. The lowest BCUT2D eigenvalue weighted by Crippen LogP contribution is -2.01. The van der Waals surface area contributed by atoms with Gasteiger partial charge in [0.1, 0.15) is 5.75 Å². The number of anilines is 2. The maximum absolute atomic E-state index is 5.63. The van der Waals surface area contributed by atoms with Gasteiger partial charge in [0.2, 0.25) is 11.7 Å². The molecule has 0 aliphatic rings. The molecule has 0 atom stereocenters. The Balaban J connectivity index is 0.00000114. The van der Waals surface area contributed by atoms with E-state index in [1.165, 1.54) is 0 Å². The molecule has 0 fully saturated rings. The van der Waals surface area contributed by atoms with E-state index < -0.39 is 0 Å². The first-order chi connectivity index (χ1) is 15.6. The van der Waals surface area contributed by atoms with E-state index in [-0.39, 0.29) is 0 Å². The van der Waals surface area contributed by atoms with E-state index in [4.69, 9.17) is 18.9 Å². The van der Waals surface area contributed by atoms with E-state index >= 15 is 0 Å². The van der Waals surface area contributed by atoms with Crippen LogP contribution in [0.5, 0.6) is 23.0 Å². The molecule has 32 heavy (non-hydrogen) atoms. The lowest BCUT2D eigenvalue weighted by Gasteiger charge is -2.14. The molecule has 3 rings (SSSR count). The summed E-state index contributed by atoms with van der Waals surface area (Å²) >= 11 is 0. The number of rotatable bonds is 9. The average Bonchev–Trinajstić information content (AvgIpc) is 2.83. The molecule has 0 amide bonds. The molecule has 3 aromatic rings. The molecule has 0 saturated carbocycles. The third-order valence-corrected chi connectivity index (χ3v) is 4.20. The number of aromatic nitrogens is 2. The lowest BCUT2D eigenvalue weighted by molar-refractivity contribution is 0.317. The van der Waals surface area contributed by atoms with Crippen molar-refractivity contribution in [1.29, 1.82) is 0 Å². The molecular formula is C24H32N4O4. The Morgan fingerprint density at radius 2 is 1.50 bits per heavy atom. The second-order valence-electron chi connectivity index (χ2n) is 6.68. The fraction of sp³-hybridized carbons (Fsp3) is 0.333. The van der Waals surface area contributed by atoms with Crippen LogP contribution in [-0.4, -0.2) is 52.0 Å². The zero-order chi connectivity index (χ0) is 23.3. The molecule has 2 aromatic carbocycles. The second-order valence-corrected chi connectivity index (χ2v) is 6.68. The standard InChI is InChI=1S/C22H25N3O4.C2H7N/c1-5-12-29-17-8-6-15(7-9-17)18-10-11-23-22(25-18)24-16-13-19(26-2)21(28-4)20(14-16)27-3;1-3-2/h6-11,13-14H,5,12H2,1-4H3,(H,23,24,25);3H,1-2H3. The van der Waals surface area contributed by atoms with Crippen LogP contribution >= 0.6 is 0 Å². The molecule has 0 aliphatic carbocycles. The molecular weight excluding hydrogens is 408 g/mol. The molecule has 0 radical (unpaired) electrons. The summed E-state index contributed by atoms with van der Waals surface area (Å²) in [6.07, 6.45) is 2.69. The third-order valence-electron chi connectivity index (χ3n) is 4.20. The van der Waals surface area contributed by atoms with Crippen molar-refractivity contribution < 1.29 is 18.9 Å². The van der Waals surface area contributed by atoms with Crippen molar-refractivity contribution in [2.45, 2.75) is 13.3 Å². The van der Waals surface area contributed by atoms with Gasteiger partial charge >= 0.3 is 0 Å². The van der Waals surface area contributed by atoms with E-state index in [0.717, 1.165) is 29.1 Å². The number of hydrogen-bond donors (Lipinski definition) is 2. The average molecular weight is 441 g/mol. The Labute approximate surface area is 189 Å². The van der Waals surface area contributed by atoms with Crippen LogP contribution in [0.2, 0.25) is 0 Å². The predicted molar refractivity (Wildman–Crippen MR) is 128 cm³/mol. The van der Waals surface area contributed by atoms with Crippen molar-refractivity contribution in [2.24, 2.45) is 0 Å². The maximum atomic E-state index is 5.63. The van der Waals surface area contributed by atoms with Crippen LogP contribution in [0, 0.1) is 0 Å². The minimum atomic E-state index is 0.461. The highest BCUT2D eigenvalue weighted by Gasteiger charge is 2.14. The van der Waals surface area contributed by atoms with Crippen molar-refractivity contribution >= 4 is 11.6 Å². The van der Waals surface area contributed by atoms with Crippen molar-refractivity contribution in [3.8, 4) is 34.3 Å². The fourth-order valence-corrected chi connectivity index (χ4v) is 2.80. The van der Waals surface area contributed by atoms with Gasteiger partial charge in [-0.05, 0) is 50.8 Å². The first kappa shape index (κ1) is 24.7. The number of hydrogen-bond acceptors (Lipinski definition) is 8. The van der Waals surface area contributed by atoms with Gasteiger partial charge in [-0.25, -0.2) is 9.97 Å². The Bertz CT molecular complexity index is 939. The van der Waals surface area contributed by atoms with Crippen LogP contribution in [-0.2, 0) is 0 Å². The minimum Gasteiger partial charge on any atom is -0.494 e. The first-order valence-corrected chi connectivity index (χ1v) is 10.3. The lowest BCUT2D eigenvalue weighted by atomic mass is 10.1. The summed E-state index contributed by atoms with van der Waals surface area (Å²) < 4.78 is 21.8. The molecule has 8 nitrogen and oxygen atoms in total.